The van der Waals surface area contributed by atoms with Crippen LogP contribution in [-0.4, -0.2) is 23.0 Å². The van der Waals surface area contributed by atoms with Gasteiger partial charge in [-0.05, 0) is 29.3 Å². The normalized spacial score (nSPS) is 15.1. The van der Waals surface area contributed by atoms with E-state index in [4.69, 9.17) is 9.47 Å². The van der Waals surface area contributed by atoms with E-state index in [1.165, 1.54) is 0 Å². The molecule has 0 atom stereocenters. The molecule has 2 aromatic rings. The van der Waals surface area contributed by atoms with Crippen molar-refractivity contribution in [2.24, 2.45) is 0 Å². The first-order chi connectivity index (χ1) is 11.7. The minimum atomic E-state index is -0.334. The molecular formula is C18H16N2O4. The van der Waals surface area contributed by atoms with Crippen LogP contribution in [-0.2, 0) is 13.1 Å². The second-order valence-electron chi connectivity index (χ2n) is 5.81. The van der Waals surface area contributed by atoms with Gasteiger partial charge in [0.05, 0.1) is 10.5 Å². The van der Waals surface area contributed by atoms with Crippen molar-refractivity contribution in [3.63, 3.8) is 0 Å². The van der Waals surface area contributed by atoms with Gasteiger partial charge in [-0.3, -0.25) is 10.1 Å². The molecule has 0 spiro atoms. The van der Waals surface area contributed by atoms with E-state index in [0.29, 0.717) is 31.9 Å². The number of fused-ring (bicyclic) bond motifs is 2. The van der Waals surface area contributed by atoms with Crippen LogP contribution in [0.5, 0.6) is 11.5 Å². The number of hydrogen-bond acceptors (Lipinski definition) is 5. The minimum Gasteiger partial charge on any atom is -0.486 e. The topological polar surface area (TPSA) is 64.8 Å². The van der Waals surface area contributed by atoms with Gasteiger partial charge in [-0.2, -0.15) is 0 Å². The molecule has 0 unspecified atom stereocenters. The van der Waals surface area contributed by atoms with Gasteiger partial charge in [0, 0.05) is 25.4 Å². The van der Waals surface area contributed by atoms with Crippen molar-refractivity contribution in [3.05, 3.63) is 69.4 Å². The molecule has 2 aliphatic heterocycles. The fourth-order valence-electron chi connectivity index (χ4n) is 3.07. The molecule has 0 radical (unpaired) electrons. The number of nitrogens with zero attached hydrogens (tertiary/aromatic N) is 2. The standard InChI is InChI=1S/C18H16N2O4/c21-20(22)16-3-1-2-14-12-19(7-6-15(14)16)11-13-4-5-17-18(10-13)24-9-8-23-17/h1-7,10H,8-9,11-12H2. The van der Waals surface area contributed by atoms with E-state index in [2.05, 4.69) is 4.90 Å². The molecular weight excluding hydrogens is 308 g/mol. The summed E-state index contributed by atoms with van der Waals surface area (Å²) in [5, 5.41) is 11.1. The SMILES string of the molecule is O=[N+]([O-])c1cccc2c1C=CN(Cc1ccc3c(c1)OCCO3)C2. The maximum Gasteiger partial charge on any atom is 0.276 e. The lowest BCUT2D eigenvalue weighted by Crippen LogP contribution is -2.20. The van der Waals surface area contributed by atoms with Crippen LogP contribution in [0.1, 0.15) is 16.7 Å². The fraction of sp³-hybridized carbons (Fsp3) is 0.222. The maximum atomic E-state index is 11.1. The quantitative estimate of drug-likeness (QED) is 0.640. The van der Waals surface area contributed by atoms with Crippen molar-refractivity contribution in [2.45, 2.75) is 13.1 Å². The predicted molar refractivity (Wildman–Crippen MR) is 88.8 cm³/mol. The minimum absolute atomic E-state index is 0.155. The molecule has 0 bridgehead atoms. The summed E-state index contributed by atoms with van der Waals surface area (Å²) in [7, 11) is 0. The van der Waals surface area contributed by atoms with Crippen molar-refractivity contribution in [1.82, 2.24) is 4.90 Å². The summed E-state index contributed by atoms with van der Waals surface area (Å²) in [5.74, 6) is 1.55. The molecule has 0 amide bonds. The number of nitro groups is 1. The molecule has 0 saturated heterocycles. The number of hydrogen-bond donors (Lipinski definition) is 0. The maximum absolute atomic E-state index is 11.1. The van der Waals surface area contributed by atoms with Gasteiger partial charge in [0.1, 0.15) is 13.2 Å². The molecule has 2 heterocycles. The lowest BCUT2D eigenvalue weighted by atomic mass is 10.0. The Kier molecular flexibility index (Phi) is 3.57. The average molecular weight is 324 g/mol. The van der Waals surface area contributed by atoms with E-state index in [9.17, 15) is 10.1 Å². The number of nitro benzene ring substituents is 1. The van der Waals surface area contributed by atoms with Gasteiger partial charge in [0.25, 0.3) is 5.69 Å². The van der Waals surface area contributed by atoms with Gasteiger partial charge < -0.3 is 14.4 Å². The molecule has 4 rings (SSSR count). The Morgan fingerprint density at radius 2 is 1.96 bits per heavy atom. The highest BCUT2D eigenvalue weighted by Crippen LogP contribution is 2.32. The van der Waals surface area contributed by atoms with Crippen LogP contribution in [0.25, 0.3) is 6.08 Å². The zero-order valence-corrected chi connectivity index (χ0v) is 13.0. The van der Waals surface area contributed by atoms with Crippen molar-refractivity contribution >= 4 is 11.8 Å². The van der Waals surface area contributed by atoms with Gasteiger partial charge in [-0.1, -0.05) is 18.2 Å². The Morgan fingerprint density at radius 3 is 2.79 bits per heavy atom. The Balaban J connectivity index is 1.54. The van der Waals surface area contributed by atoms with Gasteiger partial charge >= 0.3 is 0 Å². The Morgan fingerprint density at radius 1 is 1.12 bits per heavy atom. The summed E-state index contributed by atoms with van der Waals surface area (Å²) < 4.78 is 11.1. The monoisotopic (exact) mass is 324 g/mol. The molecule has 6 heteroatoms. The highest BCUT2D eigenvalue weighted by atomic mass is 16.6. The predicted octanol–water partition coefficient (Wildman–Crippen LogP) is 3.35. The number of ether oxygens (including phenoxy) is 2. The highest BCUT2D eigenvalue weighted by Gasteiger charge is 2.20. The summed E-state index contributed by atoms with van der Waals surface area (Å²) in [6.45, 7) is 2.49. The van der Waals surface area contributed by atoms with Crippen LogP contribution in [0.3, 0.4) is 0 Å². The molecule has 0 N–H and O–H groups in total. The third kappa shape index (κ3) is 2.67. The molecule has 0 aliphatic carbocycles. The fourth-order valence-corrected chi connectivity index (χ4v) is 3.07. The van der Waals surface area contributed by atoms with E-state index < -0.39 is 0 Å². The van der Waals surface area contributed by atoms with Gasteiger partial charge in [-0.25, -0.2) is 0 Å². The van der Waals surface area contributed by atoms with E-state index in [-0.39, 0.29) is 10.6 Å². The van der Waals surface area contributed by atoms with Crippen LogP contribution in [0.15, 0.2) is 42.6 Å². The molecule has 6 nitrogen and oxygen atoms in total. The van der Waals surface area contributed by atoms with Crippen molar-refractivity contribution in [3.8, 4) is 11.5 Å². The third-order valence-corrected chi connectivity index (χ3v) is 4.19. The van der Waals surface area contributed by atoms with Crippen molar-refractivity contribution in [2.75, 3.05) is 13.2 Å². The second-order valence-corrected chi connectivity index (χ2v) is 5.81. The van der Waals surface area contributed by atoms with Crippen LogP contribution in [0.2, 0.25) is 0 Å². The molecule has 2 aromatic carbocycles. The molecule has 122 valence electrons. The van der Waals surface area contributed by atoms with E-state index in [1.807, 2.05) is 36.5 Å². The summed E-state index contributed by atoms with van der Waals surface area (Å²) in [4.78, 5) is 12.9. The van der Waals surface area contributed by atoms with Gasteiger partial charge in [0.2, 0.25) is 0 Å². The molecule has 2 aliphatic rings. The Labute approximate surface area is 139 Å². The largest absolute Gasteiger partial charge is 0.486 e. The number of benzene rings is 2. The van der Waals surface area contributed by atoms with Gasteiger partial charge in [0.15, 0.2) is 11.5 Å². The smallest absolute Gasteiger partial charge is 0.276 e. The summed E-state index contributed by atoms with van der Waals surface area (Å²) in [6.07, 6.45) is 3.72. The van der Waals surface area contributed by atoms with Crippen LogP contribution in [0, 0.1) is 10.1 Å². The van der Waals surface area contributed by atoms with E-state index in [0.717, 1.165) is 22.6 Å². The summed E-state index contributed by atoms with van der Waals surface area (Å²) in [6, 6.07) is 11.1. The lowest BCUT2D eigenvalue weighted by molar-refractivity contribution is -0.385. The molecule has 0 fully saturated rings. The highest BCUT2D eigenvalue weighted by molar-refractivity contribution is 5.65. The van der Waals surface area contributed by atoms with Crippen molar-refractivity contribution < 1.29 is 14.4 Å². The zero-order valence-electron chi connectivity index (χ0n) is 13.0. The lowest BCUT2D eigenvalue weighted by Gasteiger charge is -2.26. The van der Waals surface area contributed by atoms with E-state index >= 15 is 0 Å². The first kappa shape index (κ1) is 14.6. The first-order valence-corrected chi connectivity index (χ1v) is 7.78. The zero-order chi connectivity index (χ0) is 16.5. The summed E-state index contributed by atoms with van der Waals surface area (Å²) in [5.41, 5.74) is 2.92. The Hall–Kier alpha value is -3.02. The molecule has 0 aromatic heterocycles. The number of rotatable bonds is 3. The molecule has 24 heavy (non-hydrogen) atoms. The van der Waals surface area contributed by atoms with Crippen molar-refractivity contribution in [1.29, 1.82) is 0 Å². The van der Waals surface area contributed by atoms with Gasteiger partial charge in [-0.15, -0.1) is 0 Å². The van der Waals surface area contributed by atoms with Crippen LogP contribution >= 0.6 is 0 Å². The Bertz CT molecular complexity index is 832. The summed E-state index contributed by atoms with van der Waals surface area (Å²) >= 11 is 0. The first-order valence-electron chi connectivity index (χ1n) is 7.78. The third-order valence-electron chi connectivity index (χ3n) is 4.19. The van der Waals surface area contributed by atoms with Crippen LogP contribution < -0.4 is 9.47 Å². The average Bonchev–Trinajstić information content (AvgIpc) is 2.61. The van der Waals surface area contributed by atoms with E-state index in [1.54, 1.807) is 12.1 Å². The second kappa shape index (κ2) is 5.88. The van der Waals surface area contributed by atoms with Crippen LogP contribution in [0.4, 0.5) is 5.69 Å². The molecule has 0 saturated carbocycles.